The molecule has 3 atom stereocenters. The van der Waals surface area contributed by atoms with Crippen LogP contribution in [0.25, 0.3) is 0 Å². The van der Waals surface area contributed by atoms with Crippen LogP contribution in [-0.2, 0) is 14.4 Å². The Morgan fingerprint density at radius 3 is 1.92 bits per heavy atom. The Hall–Kier alpha value is -3.44. The number of halogens is 3. The van der Waals surface area contributed by atoms with Crippen molar-refractivity contribution in [1.29, 1.82) is 0 Å². The zero-order valence-electron chi connectivity index (χ0n) is 20.4. The zero-order valence-corrected chi connectivity index (χ0v) is 20.4. The summed E-state index contributed by atoms with van der Waals surface area (Å²) in [5.74, 6) is -6.54. The molecule has 1 aromatic rings. The number of hydrogen-bond acceptors (Lipinski definition) is 5. The first kappa shape index (κ1) is 28.8. The molecule has 3 N–H and O–H groups in total. The van der Waals surface area contributed by atoms with Crippen molar-refractivity contribution >= 4 is 29.5 Å². The van der Waals surface area contributed by atoms with Crippen LogP contribution in [0.1, 0.15) is 61.3 Å². The number of nitrogens with one attached hydrogen (secondary N) is 2. The Bertz CT molecular complexity index is 1010. The smallest absolute Gasteiger partial charge is 0.452 e. The van der Waals surface area contributed by atoms with Crippen LogP contribution in [0.4, 0.5) is 13.2 Å². The number of ketones is 1. The molecule has 1 unspecified atom stereocenters. The highest BCUT2D eigenvalue weighted by atomic mass is 19.4. The highest BCUT2D eigenvalue weighted by Crippen LogP contribution is 2.24. The van der Waals surface area contributed by atoms with Gasteiger partial charge in [0.15, 0.2) is 0 Å². The predicted octanol–water partition coefficient (Wildman–Crippen LogP) is 2.40. The van der Waals surface area contributed by atoms with E-state index in [9.17, 15) is 37.1 Å². The number of rotatable bonds is 9. The van der Waals surface area contributed by atoms with Crippen molar-refractivity contribution < 1.29 is 42.3 Å². The fourth-order valence-electron chi connectivity index (χ4n) is 3.94. The van der Waals surface area contributed by atoms with E-state index in [1.807, 2.05) is 0 Å². The van der Waals surface area contributed by atoms with Crippen molar-refractivity contribution in [2.75, 3.05) is 6.54 Å². The standard InChI is InChI=1S/C24H30F3N3O6/c1-12(2)17(19(31)24(25,26)27)28-21(33)16-6-5-11-30(16)22(34)18(13(3)4)29-20(32)14-7-9-15(10-8-14)23(35)36/h7-10,12-13,16-18H,5-6,11H2,1-4H3,(H,28,33)(H,29,32)(H,35,36)/t16-,17?,18-/m0/s1. The lowest BCUT2D eigenvalue weighted by Gasteiger charge is -2.32. The number of likely N-dealkylation sites (tertiary alicyclic amines) is 1. The average molecular weight is 514 g/mol. The average Bonchev–Trinajstić information content (AvgIpc) is 3.29. The Morgan fingerprint density at radius 1 is 0.917 bits per heavy atom. The summed E-state index contributed by atoms with van der Waals surface area (Å²) < 4.78 is 38.9. The third-order valence-corrected chi connectivity index (χ3v) is 5.98. The molecule has 1 aromatic carbocycles. The number of carboxylic acids is 1. The summed E-state index contributed by atoms with van der Waals surface area (Å²) in [6, 6.07) is 1.17. The minimum Gasteiger partial charge on any atom is -0.478 e. The largest absolute Gasteiger partial charge is 0.478 e. The van der Waals surface area contributed by atoms with Crippen molar-refractivity contribution in [3.8, 4) is 0 Å². The van der Waals surface area contributed by atoms with Gasteiger partial charge in [-0.1, -0.05) is 27.7 Å². The van der Waals surface area contributed by atoms with Gasteiger partial charge >= 0.3 is 12.1 Å². The predicted molar refractivity (Wildman–Crippen MR) is 122 cm³/mol. The molecule has 1 fully saturated rings. The Labute approximate surface area is 206 Å². The number of hydrogen-bond donors (Lipinski definition) is 3. The van der Waals surface area contributed by atoms with Crippen LogP contribution in [0.3, 0.4) is 0 Å². The first-order valence-electron chi connectivity index (χ1n) is 11.5. The molecule has 1 saturated heterocycles. The summed E-state index contributed by atoms with van der Waals surface area (Å²) in [6.07, 6.45) is -4.51. The molecule has 0 radical (unpaired) electrons. The molecule has 1 aliphatic heterocycles. The maximum atomic E-state index is 13.3. The van der Waals surface area contributed by atoms with Gasteiger partial charge in [0, 0.05) is 12.1 Å². The van der Waals surface area contributed by atoms with E-state index in [2.05, 4.69) is 10.6 Å². The van der Waals surface area contributed by atoms with E-state index in [0.717, 1.165) is 0 Å². The molecule has 1 heterocycles. The number of alkyl halides is 3. The van der Waals surface area contributed by atoms with Gasteiger partial charge in [0.1, 0.15) is 12.1 Å². The normalized spacial score (nSPS) is 17.6. The number of amides is 3. The molecule has 0 spiro atoms. The number of Topliss-reactive ketones (excluding diaryl/α,β-unsaturated/α-hetero) is 1. The van der Waals surface area contributed by atoms with Gasteiger partial charge in [-0.3, -0.25) is 19.2 Å². The summed E-state index contributed by atoms with van der Waals surface area (Å²) >= 11 is 0. The monoisotopic (exact) mass is 513 g/mol. The maximum absolute atomic E-state index is 13.3. The van der Waals surface area contributed by atoms with Crippen LogP contribution in [0.2, 0.25) is 0 Å². The van der Waals surface area contributed by atoms with Gasteiger partial charge in [0.05, 0.1) is 11.6 Å². The van der Waals surface area contributed by atoms with Crippen molar-refractivity contribution in [3.63, 3.8) is 0 Å². The summed E-state index contributed by atoms with van der Waals surface area (Å²) in [5.41, 5.74) is 0.109. The molecule has 0 bridgehead atoms. The molecule has 0 saturated carbocycles. The maximum Gasteiger partial charge on any atom is 0.452 e. The molecule has 3 amide bonds. The number of benzene rings is 1. The quantitative estimate of drug-likeness (QED) is 0.465. The summed E-state index contributed by atoms with van der Waals surface area (Å²) in [7, 11) is 0. The number of carbonyl (C=O) groups excluding carboxylic acids is 4. The fraction of sp³-hybridized carbons (Fsp3) is 0.542. The van der Waals surface area contributed by atoms with Gasteiger partial charge in [-0.2, -0.15) is 13.2 Å². The van der Waals surface area contributed by atoms with E-state index in [-0.39, 0.29) is 24.1 Å². The fourth-order valence-corrected chi connectivity index (χ4v) is 3.94. The zero-order chi connectivity index (χ0) is 27.4. The molecule has 36 heavy (non-hydrogen) atoms. The summed E-state index contributed by atoms with van der Waals surface area (Å²) in [5, 5.41) is 13.8. The van der Waals surface area contributed by atoms with Crippen LogP contribution in [0.15, 0.2) is 24.3 Å². The third kappa shape index (κ3) is 6.82. The van der Waals surface area contributed by atoms with E-state index in [1.54, 1.807) is 13.8 Å². The second kappa shape index (κ2) is 11.5. The Morgan fingerprint density at radius 2 is 1.44 bits per heavy atom. The number of carbonyl (C=O) groups is 5. The highest BCUT2D eigenvalue weighted by molar-refractivity contribution is 6.00. The molecular weight excluding hydrogens is 483 g/mol. The van der Waals surface area contributed by atoms with Crippen molar-refractivity contribution in [2.45, 2.75) is 64.8 Å². The lowest BCUT2D eigenvalue weighted by atomic mass is 9.98. The third-order valence-electron chi connectivity index (χ3n) is 5.98. The molecule has 12 heteroatoms. The molecular formula is C24H30F3N3O6. The minimum atomic E-state index is -5.12. The first-order valence-corrected chi connectivity index (χ1v) is 11.5. The highest BCUT2D eigenvalue weighted by Gasteiger charge is 2.46. The number of nitrogens with zero attached hydrogens (tertiary/aromatic N) is 1. The summed E-state index contributed by atoms with van der Waals surface area (Å²) in [4.78, 5) is 62.9. The van der Waals surface area contributed by atoms with Gasteiger partial charge in [-0.25, -0.2) is 4.79 Å². The van der Waals surface area contributed by atoms with Crippen molar-refractivity contribution in [2.24, 2.45) is 11.8 Å². The summed E-state index contributed by atoms with van der Waals surface area (Å²) in [6.45, 7) is 6.26. The Kier molecular flexibility index (Phi) is 9.22. The lowest BCUT2D eigenvalue weighted by molar-refractivity contribution is -0.175. The van der Waals surface area contributed by atoms with E-state index in [4.69, 9.17) is 5.11 Å². The minimum absolute atomic E-state index is 0.0161. The van der Waals surface area contributed by atoms with E-state index < -0.39 is 65.6 Å². The molecule has 9 nitrogen and oxygen atoms in total. The van der Waals surface area contributed by atoms with Crippen LogP contribution >= 0.6 is 0 Å². The van der Waals surface area contributed by atoms with Gasteiger partial charge < -0.3 is 20.6 Å². The van der Waals surface area contributed by atoms with E-state index >= 15 is 0 Å². The van der Waals surface area contributed by atoms with Gasteiger partial charge in [-0.15, -0.1) is 0 Å². The second-order valence-electron chi connectivity index (χ2n) is 9.36. The van der Waals surface area contributed by atoms with Crippen LogP contribution < -0.4 is 10.6 Å². The molecule has 198 valence electrons. The van der Waals surface area contributed by atoms with Crippen molar-refractivity contribution in [3.05, 3.63) is 35.4 Å². The van der Waals surface area contributed by atoms with Gasteiger partial charge in [0.2, 0.25) is 11.8 Å². The van der Waals surface area contributed by atoms with Crippen LogP contribution in [0.5, 0.6) is 0 Å². The molecule has 0 aromatic heterocycles. The molecule has 2 rings (SSSR count). The van der Waals surface area contributed by atoms with Gasteiger partial charge in [0.25, 0.3) is 11.7 Å². The molecule has 1 aliphatic rings. The first-order chi connectivity index (χ1) is 16.6. The van der Waals surface area contributed by atoms with E-state index in [0.29, 0.717) is 6.42 Å². The number of carboxylic acid groups (broad SMARTS) is 1. The van der Waals surface area contributed by atoms with Gasteiger partial charge in [-0.05, 0) is 48.9 Å². The SMILES string of the molecule is CC(C)C(NC(=O)[C@@H]1CCCN1C(=O)[C@@H](NC(=O)c1ccc(C(=O)O)cc1)C(C)C)C(=O)C(F)(F)F. The second-order valence-corrected chi connectivity index (χ2v) is 9.36. The molecule has 0 aliphatic carbocycles. The van der Waals surface area contributed by atoms with Crippen LogP contribution in [0, 0.1) is 11.8 Å². The van der Waals surface area contributed by atoms with Crippen molar-refractivity contribution in [1.82, 2.24) is 15.5 Å². The lowest BCUT2D eigenvalue weighted by Crippen LogP contribution is -2.58. The van der Waals surface area contributed by atoms with E-state index in [1.165, 1.54) is 43.0 Å². The van der Waals surface area contributed by atoms with Crippen LogP contribution in [-0.4, -0.2) is 70.3 Å². The number of aromatic carboxylic acids is 1. The topological polar surface area (TPSA) is 133 Å². The Balaban J connectivity index is 2.18.